The highest BCUT2D eigenvalue weighted by molar-refractivity contribution is 9.10. The summed E-state index contributed by atoms with van der Waals surface area (Å²) in [7, 11) is 0. The summed E-state index contributed by atoms with van der Waals surface area (Å²) in [5, 5.41) is 13.6. The number of aromatic nitrogens is 2. The molecule has 0 bridgehead atoms. The van der Waals surface area contributed by atoms with Crippen molar-refractivity contribution < 1.29 is 9.50 Å². The fourth-order valence-electron chi connectivity index (χ4n) is 2.84. The van der Waals surface area contributed by atoms with Crippen LogP contribution in [0.5, 0.6) is 5.75 Å². The predicted molar refractivity (Wildman–Crippen MR) is 104 cm³/mol. The molecule has 0 amide bonds. The molecule has 0 saturated carbocycles. The maximum absolute atomic E-state index is 13.1. The van der Waals surface area contributed by atoms with Gasteiger partial charge in [0.25, 0.3) is 0 Å². The number of phenolic OH excluding ortho intramolecular Hbond substituents is 1. The molecule has 130 valence electrons. The lowest BCUT2D eigenvalue weighted by Crippen LogP contribution is -2.03. The largest absolute Gasteiger partial charge is 0.507 e. The van der Waals surface area contributed by atoms with Gasteiger partial charge < -0.3 is 10.4 Å². The summed E-state index contributed by atoms with van der Waals surface area (Å²) in [6.07, 6.45) is 1.92. The first-order chi connectivity index (χ1) is 12.6. The molecule has 4 nitrogen and oxygen atoms in total. The van der Waals surface area contributed by atoms with Crippen molar-refractivity contribution in [1.29, 1.82) is 0 Å². The molecule has 0 fully saturated rings. The van der Waals surface area contributed by atoms with Gasteiger partial charge in [0, 0.05) is 22.8 Å². The molecule has 6 heteroatoms. The van der Waals surface area contributed by atoms with Gasteiger partial charge >= 0.3 is 0 Å². The fourth-order valence-corrected chi connectivity index (χ4v) is 3.17. The maximum atomic E-state index is 13.1. The molecule has 0 atom stereocenters. The van der Waals surface area contributed by atoms with Crippen LogP contribution in [0.3, 0.4) is 0 Å². The second kappa shape index (κ2) is 6.80. The Bertz CT molecular complexity index is 1080. The smallest absolute Gasteiger partial charge is 0.139 e. The van der Waals surface area contributed by atoms with E-state index in [2.05, 4.69) is 26.2 Å². The molecule has 4 rings (SSSR count). The summed E-state index contributed by atoms with van der Waals surface area (Å²) >= 11 is 3.48. The molecular formula is C20H15BrFN3O. The van der Waals surface area contributed by atoms with Crippen molar-refractivity contribution in [3.8, 4) is 17.0 Å². The van der Waals surface area contributed by atoms with E-state index in [1.807, 2.05) is 34.9 Å². The monoisotopic (exact) mass is 411 g/mol. The molecule has 0 radical (unpaired) electrons. The third-order valence-corrected chi connectivity index (χ3v) is 4.58. The van der Waals surface area contributed by atoms with Crippen molar-refractivity contribution in [2.24, 2.45) is 0 Å². The number of anilines is 1. The number of phenols is 1. The molecule has 0 spiro atoms. The van der Waals surface area contributed by atoms with E-state index in [-0.39, 0.29) is 11.6 Å². The number of benzene rings is 2. The van der Waals surface area contributed by atoms with E-state index in [1.54, 1.807) is 24.3 Å². The quantitative estimate of drug-likeness (QED) is 0.483. The van der Waals surface area contributed by atoms with Crippen LogP contribution in [-0.2, 0) is 6.54 Å². The Morgan fingerprint density at radius 3 is 2.58 bits per heavy atom. The molecular weight excluding hydrogens is 397 g/mol. The summed E-state index contributed by atoms with van der Waals surface area (Å²) in [6.45, 7) is 0.501. The summed E-state index contributed by atoms with van der Waals surface area (Å²) in [6, 6.07) is 17.3. The van der Waals surface area contributed by atoms with Gasteiger partial charge in [-0.05, 0) is 57.9 Å². The first-order valence-corrected chi connectivity index (χ1v) is 8.85. The van der Waals surface area contributed by atoms with Gasteiger partial charge in [0.2, 0.25) is 0 Å². The van der Waals surface area contributed by atoms with E-state index in [0.717, 1.165) is 21.5 Å². The van der Waals surface area contributed by atoms with Crippen molar-refractivity contribution in [1.82, 2.24) is 9.38 Å². The molecule has 2 aromatic carbocycles. The van der Waals surface area contributed by atoms with Gasteiger partial charge in [0.1, 0.15) is 28.7 Å². The van der Waals surface area contributed by atoms with E-state index in [9.17, 15) is 9.50 Å². The number of para-hydroxylation sites is 1. The highest BCUT2D eigenvalue weighted by Crippen LogP contribution is 2.35. The van der Waals surface area contributed by atoms with Gasteiger partial charge in [-0.1, -0.05) is 24.3 Å². The fraction of sp³-hybridized carbons (Fsp3) is 0.0500. The average molecular weight is 412 g/mol. The molecule has 0 aliphatic rings. The van der Waals surface area contributed by atoms with Crippen molar-refractivity contribution in [2.45, 2.75) is 6.54 Å². The molecule has 0 aliphatic heterocycles. The Morgan fingerprint density at radius 2 is 1.81 bits per heavy atom. The van der Waals surface area contributed by atoms with Crippen LogP contribution in [0.4, 0.5) is 10.2 Å². The van der Waals surface area contributed by atoms with Crippen molar-refractivity contribution in [3.63, 3.8) is 0 Å². The van der Waals surface area contributed by atoms with Crippen LogP contribution in [0.25, 0.3) is 16.9 Å². The van der Waals surface area contributed by atoms with Gasteiger partial charge in [0.05, 0.1) is 0 Å². The molecule has 2 heterocycles. The van der Waals surface area contributed by atoms with E-state index in [4.69, 9.17) is 0 Å². The number of hydrogen-bond acceptors (Lipinski definition) is 3. The molecule has 4 aromatic rings. The van der Waals surface area contributed by atoms with Crippen LogP contribution in [0, 0.1) is 5.82 Å². The lowest BCUT2D eigenvalue weighted by molar-refractivity contribution is 0.477. The Balaban J connectivity index is 1.80. The van der Waals surface area contributed by atoms with Crippen LogP contribution in [-0.4, -0.2) is 14.5 Å². The van der Waals surface area contributed by atoms with Gasteiger partial charge in [-0.25, -0.2) is 9.37 Å². The van der Waals surface area contributed by atoms with E-state index in [0.29, 0.717) is 17.8 Å². The normalized spacial score (nSPS) is 11.0. The summed E-state index contributed by atoms with van der Waals surface area (Å²) in [5.41, 5.74) is 3.00. The third kappa shape index (κ3) is 3.15. The lowest BCUT2D eigenvalue weighted by Gasteiger charge is -2.10. The SMILES string of the molecule is Oc1ccccc1-c1nc2ccc(Br)cn2c1NCc1ccc(F)cc1. The van der Waals surface area contributed by atoms with Crippen molar-refractivity contribution >= 4 is 27.4 Å². The molecule has 0 saturated heterocycles. The topological polar surface area (TPSA) is 49.6 Å². The zero-order chi connectivity index (χ0) is 18.1. The van der Waals surface area contributed by atoms with Crippen LogP contribution >= 0.6 is 15.9 Å². The Kier molecular flexibility index (Phi) is 4.34. The predicted octanol–water partition coefficient (Wildman–Crippen LogP) is 5.22. The van der Waals surface area contributed by atoms with Gasteiger partial charge in [-0.2, -0.15) is 0 Å². The van der Waals surface area contributed by atoms with E-state index >= 15 is 0 Å². The molecule has 2 N–H and O–H groups in total. The molecule has 0 unspecified atom stereocenters. The van der Waals surface area contributed by atoms with Crippen molar-refractivity contribution in [2.75, 3.05) is 5.32 Å². The molecule has 2 aromatic heterocycles. The zero-order valence-electron chi connectivity index (χ0n) is 13.7. The number of halogens is 2. The summed E-state index contributed by atoms with van der Waals surface area (Å²) < 4.78 is 16.0. The van der Waals surface area contributed by atoms with E-state index in [1.165, 1.54) is 12.1 Å². The Morgan fingerprint density at radius 1 is 1.04 bits per heavy atom. The minimum atomic E-state index is -0.262. The zero-order valence-corrected chi connectivity index (χ0v) is 15.2. The summed E-state index contributed by atoms with van der Waals surface area (Å²) in [5.74, 6) is 0.661. The Hall–Kier alpha value is -2.86. The lowest BCUT2D eigenvalue weighted by atomic mass is 10.1. The van der Waals surface area contributed by atoms with Gasteiger partial charge in [-0.3, -0.25) is 4.40 Å². The standard InChI is InChI=1S/C20H15BrFN3O/c21-14-7-10-18-24-19(16-3-1-2-4-17(16)26)20(25(18)12-14)23-11-13-5-8-15(22)9-6-13/h1-10,12,23,26H,11H2. The number of pyridine rings is 1. The van der Waals surface area contributed by atoms with Gasteiger partial charge in [0.15, 0.2) is 0 Å². The van der Waals surface area contributed by atoms with Crippen LogP contribution in [0.15, 0.2) is 71.3 Å². The first-order valence-electron chi connectivity index (χ1n) is 8.06. The number of aromatic hydroxyl groups is 1. The Labute approximate surface area is 158 Å². The first kappa shape index (κ1) is 16.6. The number of imidazole rings is 1. The average Bonchev–Trinajstić information content (AvgIpc) is 2.99. The highest BCUT2D eigenvalue weighted by Gasteiger charge is 2.16. The maximum Gasteiger partial charge on any atom is 0.139 e. The number of nitrogens with one attached hydrogen (secondary N) is 1. The van der Waals surface area contributed by atoms with Crippen LogP contribution < -0.4 is 5.32 Å². The molecule has 0 aliphatic carbocycles. The molecule has 26 heavy (non-hydrogen) atoms. The van der Waals surface area contributed by atoms with Crippen molar-refractivity contribution in [3.05, 3.63) is 82.7 Å². The number of nitrogens with zero attached hydrogens (tertiary/aromatic N) is 2. The second-order valence-electron chi connectivity index (χ2n) is 5.88. The number of hydrogen-bond donors (Lipinski definition) is 2. The van der Waals surface area contributed by atoms with Gasteiger partial charge in [-0.15, -0.1) is 0 Å². The second-order valence-corrected chi connectivity index (χ2v) is 6.80. The minimum absolute atomic E-state index is 0.166. The third-order valence-electron chi connectivity index (χ3n) is 4.11. The van der Waals surface area contributed by atoms with Crippen LogP contribution in [0.1, 0.15) is 5.56 Å². The van der Waals surface area contributed by atoms with Crippen LogP contribution in [0.2, 0.25) is 0 Å². The summed E-state index contributed by atoms with van der Waals surface area (Å²) in [4.78, 5) is 4.67. The number of rotatable bonds is 4. The number of fused-ring (bicyclic) bond motifs is 1. The van der Waals surface area contributed by atoms with E-state index < -0.39 is 0 Å². The highest BCUT2D eigenvalue weighted by atomic mass is 79.9. The minimum Gasteiger partial charge on any atom is -0.507 e.